The number of carboxylic acids is 1. The third kappa shape index (κ3) is 4.03. The van der Waals surface area contributed by atoms with E-state index in [1.54, 1.807) is 16.7 Å². The van der Waals surface area contributed by atoms with Gasteiger partial charge in [-0.15, -0.1) is 11.3 Å². The van der Waals surface area contributed by atoms with Crippen molar-refractivity contribution in [2.75, 3.05) is 0 Å². The fourth-order valence-electron chi connectivity index (χ4n) is 2.96. The average Bonchev–Trinajstić information content (AvgIpc) is 3.03. The Balaban J connectivity index is 2.17. The molecule has 142 valence electrons. The van der Waals surface area contributed by atoms with Gasteiger partial charge in [0.25, 0.3) is 5.56 Å². The molecule has 0 bridgehead atoms. The van der Waals surface area contributed by atoms with Crippen LogP contribution in [0, 0.1) is 0 Å². The van der Waals surface area contributed by atoms with Crippen molar-refractivity contribution in [1.82, 2.24) is 9.55 Å². The van der Waals surface area contributed by atoms with E-state index in [1.165, 1.54) is 11.3 Å². The molecule has 0 saturated carbocycles. The zero-order chi connectivity index (χ0) is 19.7. The largest absolute Gasteiger partial charge is 0.481 e. The Kier molecular flexibility index (Phi) is 5.89. The Morgan fingerprint density at radius 2 is 2.04 bits per heavy atom. The maximum Gasteiger partial charge on any atom is 0.303 e. The van der Waals surface area contributed by atoms with Gasteiger partial charge in [0.05, 0.1) is 15.4 Å². The minimum absolute atomic E-state index is 0.00526. The number of thiophene rings is 1. The summed E-state index contributed by atoms with van der Waals surface area (Å²) < 4.78 is 1.60. The number of aliphatic carboxylic acids is 1. The number of halogens is 2. The Morgan fingerprint density at radius 3 is 2.67 bits per heavy atom. The summed E-state index contributed by atoms with van der Waals surface area (Å²) in [6.07, 6.45) is 0.375. The van der Waals surface area contributed by atoms with E-state index in [1.807, 2.05) is 25.3 Å². The van der Waals surface area contributed by atoms with Crippen LogP contribution in [0.1, 0.15) is 38.4 Å². The molecule has 0 aliphatic carbocycles. The molecule has 0 fully saturated rings. The van der Waals surface area contributed by atoms with Gasteiger partial charge in [-0.05, 0) is 24.1 Å². The van der Waals surface area contributed by atoms with Gasteiger partial charge in [-0.2, -0.15) is 0 Å². The molecule has 0 saturated heterocycles. The van der Waals surface area contributed by atoms with E-state index in [9.17, 15) is 9.59 Å². The maximum atomic E-state index is 13.3. The van der Waals surface area contributed by atoms with E-state index in [-0.39, 0.29) is 17.9 Å². The Hall–Kier alpha value is -1.89. The topological polar surface area (TPSA) is 72.2 Å². The maximum absolute atomic E-state index is 13.3. The molecule has 0 radical (unpaired) electrons. The lowest BCUT2D eigenvalue weighted by Crippen LogP contribution is -2.26. The number of benzene rings is 1. The summed E-state index contributed by atoms with van der Waals surface area (Å²) >= 11 is 13.5. The van der Waals surface area contributed by atoms with Crippen LogP contribution in [0.2, 0.25) is 10.0 Å². The summed E-state index contributed by atoms with van der Waals surface area (Å²) in [6.45, 7) is 4.25. The predicted molar refractivity (Wildman–Crippen MR) is 110 cm³/mol. The van der Waals surface area contributed by atoms with Gasteiger partial charge < -0.3 is 5.11 Å². The van der Waals surface area contributed by atoms with Gasteiger partial charge in [-0.1, -0.05) is 43.1 Å². The normalized spacial score (nSPS) is 11.4. The highest BCUT2D eigenvalue weighted by Crippen LogP contribution is 2.35. The molecule has 0 aliphatic rings. The van der Waals surface area contributed by atoms with Crippen LogP contribution in [-0.2, 0) is 11.3 Å². The SMILES string of the molecule is CC(C)c1nc2scc(-c3ccc(Cl)c(Cl)c3)c2c(=O)n1CCCC(=O)O. The zero-order valence-corrected chi connectivity index (χ0v) is 17.2. The first-order valence-corrected chi connectivity index (χ1v) is 10.1. The van der Waals surface area contributed by atoms with Crippen molar-refractivity contribution in [3.63, 3.8) is 0 Å². The van der Waals surface area contributed by atoms with Crippen molar-refractivity contribution < 1.29 is 9.90 Å². The minimum atomic E-state index is -0.879. The van der Waals surface area contributed by atoms with E-state index >= 15 is 0 Å². The number of carbonyl (C=O) groups is 1. The lowest BCUT2D eigenvalue weighted by Gasteiger charge is -2.15. The second kappa shape index (κ2) is 8.00. The number of hydrogen-bond donors (Lipinski definition) is 1. The van der Waals surface area contributed by atoms with Crippen LogP contribution in [0.15, 0.2) is 28.4 Å². The standard InChI is InChI=1S/C19H18Cl2N2O3S/c1-10(2)17-22-18-16(19(26)23(17)7-3-4-15(24)25)12(9-27-18)11-5-6-13(20)14(21)8-11/h5-6,8-10H,3-4,7H2,1-2H3,(H,24,25). The summed E-state index contributed by atoms with van der Waals surface area (Å²) in [5.74, 6) is -0.168. The van der Waals surface area contributed by atoms with Crippen molar-refractivity contribution in [2.45, 2.75) is 39.2 Å². The molecule has 0 aliphatic heterocycles. The molecule has 0 amide bonds. The number of aromatic nitrogens is 2. The Morgan fingerprint density at radius 1 is 1.30 bits per heavy atom. The molecule has 1 aromatic carbocycles. The molecule has 3 aromatic rings. The number of fused-ring (bicyclic) bond motifs is 1. The van der Waals surface area contributed by atoms with Gasteiger partial charge in [-0.3, -0.25) is 14.2 Å². The monoisotopic (exact) mass is 424 g/mol. The number of nitrogens with zero attached hydrogens (tertiary/aromatic N) is 2. The molecule has 0 spiro atoms. The molecular formula is C19H18Cl2N2O3S. The number of hydrogen-bond acceptors (Lipinski definition) is 4. The van der Waals surface area contributed by atoms with Crippen LogP contribution >= 0.6 is 34.5 Å². The van der Waals surface area contributed by atoms with Crippen molar-refractivity contribution >= 4 is 50.7 Å². The molecule has 8 heteroatoms. The average molecular weight is 425 g/mol. The van der Waals surface area contributed by atoms with Crippen LogP contribution in [-0.4, -0.2) is 20.6 Å². The predicted octanol–water partition coefficient (Wildman–Crippen LogP) is 5.42. The Labute approximate surface area is 170 Å². The molecular weight excluding hydrogens is 407 g/mol. The van der Waals surface area contributed by atoms with E-state index < -0.39 is 5.97 Å². The fourth-order valence-corrected chi connectivity index (χ4v) is 4.20. The summed E-state index contributed by atoms with van der Waals surface area (Å²) in [5.41, 5.74) is 1.40. The van der Waals surface area contributed by atoms with Crippen molar-refractivity contribution in [2.24, 2.45) is 0 Å². The quantitative estimate of drug-likeness (QED) is 0.573. The van der Waals surface area contributed by atoms with Gasteiger partial charge in [0, 0.05) is 29.8 Å². The van der Waals surface area contributed by atoms with Crippen LogP contribution < -0.4 is 5.56 Å². The number of carboxylic acid groups (broad SMARTS) is 1. The minimum Gasteiger partial charge on any atom is -0.481 e. The van der Waals surface area contributed by atoms with Gasteiger partial charge >= 0.3 is 5.97 Å². The van der Waals surface area contributed by atoms with E-state index in [2.05, 4.69) is 0 Å². The second-order valence-electron chi connectivity index (χ2n) is 6.54. The highest BCUT2D eigenvalue weighted by Gasteiger charge is 2.19. The summed E-state index contributed by atoms with van der Waals surface area (Å²) in [4.78, 5) is 29.5. The molecule has 3 rings (SSSR count). The molecule has 27 heavy (non-hydrogen) atoms. The first-order chi connectivity index (χ1) is 12.8. The highest BCUT2D eigenvalue weighted by molar-refractivity contribution is 7.17. The van der Waals surface area contributed by atoms with Crippen LogP contribution in [0.4, 0.5) is 0 Å². The Bertz CT molecular complexity index is 1070. The van der Waals surface area contributed by atoms with Gasteiger partial charge in [0.15, 0.2) is 0 Å². The zero-order valence-electron chi connectivity index (χ0n) is 14.8. The first kappa shape index (κ1) is 19.9. The van der Waals surface area contributed by atoms with Crippen LogP contribution in [0.3, 0.4) is 0 Å². The van der Waals surface area contributed by atoms with Crippen LogP contribution in [0.5, 0.6) is 0 Å². The second-order valence-corrected chi connectivity index (χ2v) is 8.21. The summed E-state index contributed by atoms with van der Waals surface area (Å²) in [7, 11) is 0. The van der Waals surface area contributed by atoms with E-state index in [0.717, 1.165) is 11.1 Å². The molecule has 1 N–H and O–H groups in total. The van der Waals surface area contributed by atoms with Crippen LogP contribution in [0.25, 0.3) is 21.3 Å². The third-order valence-corrected chi connectivity index (χ3v) is 5.85. The first-order valence-electron chi connectivity index (χ1n) is 8.48. The summed E-state index contributed by atoms with van der Waals surface area (Å²) in [5, 5.41) is 12.2. The fraction of sp³-hybridized carbons (Fsp3) is 0.316. The van der Waals surface area contributed by atoms with Crippen molar-refractivity contribution in [1.29, 1.82) is 0 Å². The van der Waals surface area contributed by atoms with Gasteiger partial charge in [0.1, 0.15) is 10.7 Å². The molecule has 2 heterocycles. The summed E-state index contributed by atoms with van der Waals surface area (Å²) in [6, 6.07) is 5.25. The van der Waals surface area contributed by atoms with Gasteiger partial charge in [0.2, 0.25) is 0 Å². The third-order valence-electron chi connectivity index (χ3n) is 4.24. The highest BCUT2D eigenvalue weighted by atomic mass is 35.5. The number of rotatable bonds is 6. The van der Waals surface area contributed by atoms with E-state index in [4.69, 9.17) is 33.3 Å². The lowest BCUT2D eigenvalue weighted by atomic mass is 10.1. The lowest BCUT2D eigenvalue weighted by molar-refractivity contribution is -0.137. The molecule has 0 unspecified atom stereocenters. The molecule has 5 nitrogen and oxygen atoms in total. The molecule has 0 atom stereocenters. The van der Waals surface area contributed by atoms with Gasteiger partial charge in [-0.25, -0.2) is 4.98 Å². The van der Waals surface area contributed by atoms with Crippen molar-refractivity contribution in [3.8, 4) is 11.1 Å². The smallest absolute Gasteiger partial charge is 0.303 e. The van der Waals surface area contributed by atoms with Crippen molar-refractivity contribution in [3.05, 3.63) is 49.8 Å². The molecule has 2 aromatic heterocycles. The van der Waals surface area contributed by atoms with E-state index in [0.29, 0.717) is 39.1 Å².